The lowest BCUT2D eigenvalue weighted by molar-refractivity contribution is 0.255. The average molecular weight is 189 g/mol. The van der Waals surface area contributed by atoms with Crippen LogP contribution in [0.4, 0.5) is 0 Å². The summed E-state index contributed by atoms with van der Waals surface area (Å²) >= 11 is 0. The number of hydrogen-bond donors (Lipinski definition) is 0. The van der Waals surface area contributed by atoms with Gasteiger partial charge in [0.1, 0.15) is 0 Å². The molecule has 3 heteroatoms. The predicted molar refractivity (Wildman–Crippen MR) is 53.8 cm³/mol. The molecule has 0 spiro atoms. The Morgan fingerprint density at radius 3 is 2.50 bits per heavy atom. The Bertz CT molecular complexity index is 151. The Kier molecular flexibility index (Phi) is 4.22. The van der Waals surface area contributed by atoms with Crippen molar-refractivity contribution in [3.8, 4) is 0 Å². The molecule has 2 nitrogen and oxygen atoms in total. The molecule has 1 fully saturated rings. The Morgan fingerprint density at radius 2 is 2.00 bits per heavy atom. The molecule has 1 saturated heterocycles. The highest BCUT2D eigenvalue weighted by molar-refractivity contribution is 7.85. The summed E-state index contributed by atoms with van der Waals surface area (Å²) in [4.78, 5) is 2.44. The van der Waals surface area contributed by atoms with E-state index in [4.69, 9.17) is 0 Å². The summed E-state index contributed by atoms with van der Waals surface area (Å²) in [6.45, 7) is 7.78. The zero-order chi connectivity index (χ0) is 8.97. The number of hydrogen-bond acceptors (Lipinski definition) is 2. The Balaban J connectivity index is 2.21. The molecule has 1 unspecified atom stereocenters. The normalized spacial score (nSPS) is 24.2. The third kappa shape index (κ3) is 3.23. The first-order valence-corrected chi connectivity index (χ1v) is 6.28. The Morgan fingerprint density at radius 1 is 1.42 bits per heavy atom. The summed E-state index contributed by atoms with van der Waals surface area (Å²) < 4.78 is 11.0. The second-order valence-electron chi connectivity index (χ2n) is 3.66. The second-order valence-corrected chi connectivity index (χ2v) is 5.36. The molecule has 0 aromatic carbocycles. The smallest absolute Gasteiger partial charge is 0.0363 e. The Labute approximate surface area is 77.8 Å². The van der Waals surface area contributed by atoms with E-state index >= 15 is 0 Å². The molecule has 0 radical (unpaired) electrons. The van der Waals surface area contributed by atoms with Gasteiger partial charge in [-0.2, -0.15) is 0 Å². The molecule has 0 N–H and O–H groups in total. The van der Waals surface area contributed by atoms with Gasteiger partial charge in [0, 0.05) is 41.9 Å². The van der Waals surface area contributed by atoms with E-state index in [1.807, 2.05) is 0 Å². The van der Waals surface area contributed by atoms with Crippen molar-refractivity contribution in [1.29, 1.82) is 0 Å². The van der Waals surface area contributed by atoms with Crippen molar-refractivity contribution in [2.45, 2.75) is 20.3 Å². The molecule has 0 aliphatic carbocycles. The summed E-state index contributed by atoms with van der Waals surface area (Å²) in [7, 11) is -0.519. The minimum absolute atomic E-state index is 0.519. The molecule has 1 aliphatic rings. The molecule has 1 aliphatic heterocycles. The second kappa shape index (κ2) is 4.97. The summed E-state index contributed by atoms with van der Waals surface area (Å²) in [6.07, 6.45) is 1.25. The van der Waals surface area contributed by atoms with E-state index in [-0.39, 0.29) is 0 Å². The number of rotatable bonds is 3. The molecule has 1 rings (SSSR count). The van der Waals surface area contributed by atoms with E-state index in [9.17, 15) is 4.21 Å². The third-order valence-electron chi connectivity index (χ3n) is 2.54. The quantitative estimate of drug-likeness (QED) is 0.662. The summed E-state index contributed by atoms with van der Waals surface area (Å²) in [5.41, 5.74) is 0. The van der Waals surface area contributed by atoms with E-state index in [0.717, 1.165) is 30.5 Å². The molecule has 72 valence electrons. The van der Waals surface area contributed by atoms with Crippen molar-refractivity contribution >= 4 is 10.8 Å². The highest BCUT2D eigenvalue weighted by atomic mass is 32.2. The standard InChI is InChI=1S/C9H19NOS/c1-3-9(2)8-10-4-6-12(11)7-5-10/h9H,3-8H2,1-2H3. The maximum absolute atomic E-state index is 11.0. The van der Waals surface area contributed by atoms with Gasteiger partial charge >= 0.3 is 0 Å². The van der Waals surface area contributed by atoms with Crippen LogP contribution in [0.15, 0.2) is 0 Å². The van der Waals surface area contributed by atoms with Crippen LogP contribution >= 0.6 is 0 Å². The van der Waals surface area contributed by atoms with Crippen molar-refractivity contribution < 1.29 is 4.21 Å². The van der Waals surface area contributed by atoms with Crippen molar-refractivity contribution in [1.82, 2.24) is 4.90 Å². The van der Waals surface area contributed by atoms with Gasteiger partial charge in [0.05, 0.1) is 0 Å². The largest absolute Gasteiger partial charge is 0.301 e. The molecular weight excluding hydrogens is 170 g/mol. The van der Waals surface area contributed by atoms with Crippen LogP contribution in [-0.4, -0.2) is 40.2 Å². The lowest BCUT2D eigenvalue weighted by Gasteiger charge is -2.28. The van der Waals surface area contributed by atoms with Crippen LogP contribution in [0.1, 0.15) is 20.3 Å². The van der Waals surface area contributed by atoms with Crippen molar-refractivity contribution in [2.75, 3.05) is 31.1 Å². The van der Waals surface area contributed by atoms with Crippen LogP contribution in [0.3, 0.4) is 0 Å². The highest BCUT2D eigenvalue weighted by Gasteiger charge is 2.15. The third-order valence-corrected chi connectivity index (χ3v) is 3.81. The lowest BCUT2D eigenvalue weighted by Crippen LogP contribution is -2.39. The van der Waals surface area contributed by atoms with Crippen LogP contribution < -0.4 is 0 Å². The van der Waals surface area contributed by atoms with Gasteiger partial charge in [0.2, 0.25) is 0 Å². The fraction of sp³-hybridized carbons (Fsp3) is 1.00. The highest BCUT2D eigenvalue weighted by Crippen LogP contribution is 2.07. The predicted octanol–water partition coefficient (Wildman–Crippen LogP) is 1.10. The molecule has 1 atom stereocenters. The first kappa shape index (κ1) is 10.2. The first-order valence-electron chi connectivity index (χ1n) is 4.79. The molecule has 0 amide bonds. The van der Waals surface area contributed by atoms with Crippen LogP contribution in [0, 0.1) is 5.92 Å². The van der Waals surface area contributed by atoms with Gasteiger partial charge < -0.3 is 4.90 Å². The zero-order valence-corrected chi connectivity index (χ0v) is 8.90. The molecule has 1 heterocycles. The number of nitrogens with zero attached hydrogens (tertiary/aromatic N) is 1. The molecule has 0 saturated carbocycles. The maximum atomic E-state index is 11.0. The fourth-order valence-corrected chi connectivity index (χ4v) is 2.56. The molecule has 12 heavy (non-hydrogen) atoms. The van der Waals surface area contributed by atoms with Gasteiger partial charge in [-0.15, -0.1) is 0 Å². The van der Waals surface area contributed by atoms with E-state index in [1.165, 1.54) is 13.0 Å². The topological polar surface area (TPSA) is 20.3 Å². The monoisotopic (exact) mass is 189 g/mol. The van der Waals surface area contributed by atoms with Gasteiger partial charge in [-0.1, -0.05) is 20.3 Å². The van der Waals surface area contributed by atoms with Crippen molar-refractivity contribution in [3.05, 3.63) is 0 Å². The molecule has 0 bridgehead atoms. The van der Waals surface area contributed by atoms with Gasteiger partial charge in [-0.3, -0.25) is 4.21 Å². The first-order chi connectivity index (χ1) is 5.72. The van der Waals surface area contributed by atoms with Gasteiger partial charge in [-0.05, 0) is 5.92 Å². The van der Waals surface area contributed by atoms with Crippen LogP contribution in [-0.2, 0) is 10.8 Å². The SMILES string of the molecule is CCC(C)CN1CCS(=O)CC1. The summed E-state index contributed by atoms with van der Waals surface area (Å²) in [5, 5.41) is 0. The summed E-state index contributed by atoms with van der Waals surface area (Å²) in [6, 6.07) is 0. The van der Waals surface area contributed by atoms with Gasteiger partial charge in [0.15, 0.2) is 0 Å². The van der Waals surface area contributed by atoms with Crippen LogP contribution in [0.25, 0.3) is 0 Å². The fourth-order valence-electron chi connectivity index (χ4n) is 1.43. The maximum Gasteiger partial charge on any atom is 0.0363 e. The van der Waals surface area contributed by atoms with Crippen LogP contribution in [0.2, 0.25) is 0 Å². The minimum atomic E-state index is -0.519. The summed E-state index contributed by atoms with van der Waals surface area (Å²) in [5.74, 6) is 2.56. The van der Waals surface area contributed by atoms with E-state index in [0.29, 0.717) is 0 Å². The van der Waals surface area contributed by atoms with Crippen LogP contribution in [0.5, 0.6) is 0 Å². The van der Waals surface area contributed by atoms with Gasteiger partial charge in [-0.25, -0.2) is 0 Å². The van der Waals surface area contributed by atoms with E-state index in [1.54, 1.807) is 0 Å². The lowest BCUT2D eigenvalue weighted by atomic mass is 10.1. The molecule has 0 aromatic heterocycles. The molecule has 0 aromatic rings. The van der Waals surface area contributed by atoms with Crippen molar-refractivity contribution in [3.63, 3.8) is 0 Å². The molecular formula is C9H19NOS. The van der Waals surface area contributed by atoms with Crippen molar-refractivity contribution in [2.24, 2.45) is 5.92 Å². The van der Waals surface area contributed by atoms with E-state index in [2.05, 4.69) is 18.7 Å². The van der Waals surface area contributed by atoms with Gasteiger partial charge in [0.25, 0.3) is 0 Å². The minimum Gasteiger partial charge on any atom is -0.301 e. The zero-order valence-electron chi connectivity index (χ0n) is 8.08. The van der Waals surface area contributed by atoms with E-state index < -0.39 is 10.8 Å². The average Bonchev–Trinajstić information content (AvgIpc) is 2.09. The Hall–Kier alpha value is 0.110.